The summed E-state index contributed by atoms with van der Waals surface area (Å²) in [5.41, 5.74) is 0.897. The van der Waals surface area contributed by atoms with Crippen molar-refractivity contribution < 1.29 is 5.11 Å². The molecular formula is C13H16Br2O. The van der Waals surface area contributed by atoms with E-state index in [1.807, 2.05) is 30.3 Å². The first-order valence-corrected chi connectivity index (χ1v) is 6.87. The van der Waals surface area contributed by atoms with Crippen molar-refractivity contribution in [3.8, 4) is 0 Å². The normalized spacial score (nSPS) is 16.5. The summed E-state index contributed by atoms with van der Waals surface area (Å²) in [5.74, 6) is 0. The molecule has 0 aliphatic heterocycles. The summed E-state index contributed by atoms with van der Waals surface area (Å²) in [7, 11) is 0. The van der Waals surface area contributed by atoms with Crippen LogP contribution in [0.25, 0.3) is 0 Å². The highest BCUT2D eigenvalue weighted by Gasteiger charge is 2.37. The average molecular weight is 348 g/mol. The molecule has 2 unspecified atom stereocenters. The van der Waals surface area contributed by atoms with E-state index >= 15 is 0 Å². The fourth-order valence-electron chi connectivity index (χ4n) is 1.68. The molecule has 0 aliphatic carbocycles. The minimum Gasteiger partial charge on any atom is -0.387 e. The van der Waals surface area contributed by atoms with E-state index in [-0.39, 0.29) is 0 Å². The van der Waals surface area contributed by atoms with Crippen molar-refractivity contribution in [1.82, 2.24) is 0 Å². The van der Waals surface area contributed by atoms with E-state index in [4.69, 9.17) is 0 Å². The highest BCUT2D eigenvalue weighted by Crippen LogP contribution is 2.45. The van der Waals surface area contributed by atoms with Crippen LogP contribution in [-0.4, -0.2) is 9.43 Å². The topological polar surface area (TPSA) is 20.2 Å². The zero-order valence-electron chi connectivity index (χ0n) is 9.29. The number of alkyl halides is 1. The van der Waals surface area contributed by atoms with Crippen molar-refractivity contribution in [2.45, 2.75) is 30.2 Å². The van der Waals surface area contributed by atoms with Crippen LogP contribution >= 0.6 is 31.9 Å². The number of halogens is 2. The minimum absolute atomic E-state index is 0.497. The fourth-order valence-corrected chi connectivity index (χ4v) is 2.76. The minimum atomic E-state index is -0.597. The molecule has 1 aromatic carbocycles. The molecule has 2 atom stereocenters. The van der Waals surface area contributed by atoms with E-state index in [0.29, 0.717) is 0 Å². The van der Waals surface area contributed by atoms with E-state index < -0.39 is 10.4 Å². The molecule has 0 amide bonds. The standard InChI is InChI=1S/C13H16Br2O/c1-3-9-13(15,10(2)14)12(16)11-7-5-4-6-8-11/h4-8,12,16H,2-3,9H2,1H3. The fraction of sp³-hybridized carbons (Fsp3) is 0.385. The van der Waals surface area contributed by atoms with Crippen molar-refractivity contribution in [2.24, 2.45) is 0 Å². The zero-order chi connectivity index (χ0) is 12.2. The maximum Gasteiger partial charge on any atom is 0.0989 e. The molecule has 0 spiro atoms. The van der Waals surface area contributed by atoms with Gasteiger partial charge in [0.25, 0.3) is 0 Å². The lowest BCUT2D eigenvalue weighted by Gasteiger charge is -2.32. The number of aliphatic hydroxyl groups excluding tert-OH is 1. The van der Waals surface area contributed by atoms with Gasteiger partial charge in [-0.1, -0.05) is 82.1 Å². The van der Waals surface area contributed by atoms with E-state index in [0.717, 1.165) is 22.9 Å². The Labute approximate surface area is 114 Å². The third-order valence-electron chi connectivity index (χ3n) is 2.61. The molecule has 0 saturated heterocycles. The molecule has 1 nitrogen and oxygen atoms in total. The van der Waals surface area contributed by atoms with Crippen LogP contribution in [0.1, 0.15) is 31.4 Å². The summed E-state index contributed by atoms with van der Waals surface area (Å²) in [5, 5.41) is 10.4. The van der Waals surface area contributed by atoms with Crippen LogP contribution in [0.5, 0.6) is 0 Å². The smallest absolute Gasteiger partial charge is 0.0989 e. The Bertz CT molecular complexity index is 350. The van der Waals surface area contributed by atoms with Gasteiger partial charge in [0.1, 0.15) is 0 Å². The van der Waals surface area contributed by atoms with Crippen LogP contribution in [0.15, 0.2) is 41.4 Å². The predicted molar refractivity (Wildman–Crippen MR) is 76.0 cm³/mol. The second-order valence-corrected chi connectivity index (χ2v) is 6.20. The number of benzene rings is 1. The summed E-state index contributed by atoms with van der Waals surface area (Å²) in [6.45, 7) is 5.99. The van der Waals surface area contributed by atoms with Gasteiger partial charge in [-0.3, -0.25) is 0 Å². The van der Waals surface area contributed by atoms with Gasteiger partial charge in [-0.15, -0.1) is 0 Å². The Morgan fingerprint density at radius 3 is 2.44 bits per heavy atom. The zero-order valence-corrected chi connectivity index (χ0v) is 12.5. The van der Waals surface area contributed by atoms with E-state index in [9.17, 15) is 5.11 Å². The second-order valence-electron chi connectivity index (χ2n) is 3.83. The van der Waals surface area contributed by atoms with E-state index in [1.54, 1.807) is 0 Å². The summed E-state index contributed by atoms with van der Waals surface area (Å²) in [6, 6.07) is 9.64. The number of rotatable bonds is 5. The van der Waals surface area contributed by atoms with Crippen LogP contribution in [0.4, 0.5) is 0 Å². The lowest BCUT2D eigenvalue weighted by Crippen LogP contribution is -2.29. The Balaban J connectivity index is 3.00. The molecule has 0 heterocycles. The molecule has 88 valence electrons. The van der Waals surface area contributed by atoms with Gasteiger partial charge in [0.05, 0.1) is 10.4 Å². The van der Waals surface area contributed by atoms with Crippen molar-refractivity contribution in [3.63, 3.8) is 0 Å². The monoisotopic (exact) mass is 346 g/mol. The first kappa shape index (κ1) is 13.9. The average Bonchev–Trinajstić information content (AvgIpc) is 2.29. The van der Waals surface area contributed by atoms with Gasteiger partial charge < -0.3 is 5.11 Å². The lowest BCUT2D eigenvalue weighted by molar-refractivity contribution is 0.145. The Morgan fingerprint density at radius 2 is 2.00 bits per heavy atom. The van der Waals surface area contributed by atoms with Crippen molar-refractivity contribution in [1.29, 1.82) is 0 Å². The molecule has 3 heteroatoms. The van der Waals surface area contributed by atoms with Crippen LogP contribution in [0.2, 0.25) is 0 Å². The van der Waals surface area contributed by atoms with Crippen LogP contribution in [0, 0.1) is 0 Å². The van der Waals surface area contributed by atoms with Crippen molar-refractivity contribution in [3.05, 3.63) is 47.0 Å². The quantitative estimate of drug-likeness (QED) is 0.774. The third kappa shape index (κ3) is 2.96. The number of aliphatic hydroxyl groups is 1. The summed E-state index contributed by atoms with van der Waals surface area (Å²) in [4.78, 5) is 0. The highest BCUT2D eigenvalue weighted by molar-refractivity contribution is 9.14. The number of hydrogen-bond donors (Lipinski definition) is 1. The first-order valence-electron chi connectivity index (χ1n) is 5.29. The van der Waals surface area contributed by atoms with Gasteiger partial charge in [0.15, 0.2) is 0 Å². The molecule has 0 radical (unpaired) electrons. The molecule has 0 aromatic heterocycles. The van der Waals surface area contributed by atoms with Gasteiger partial charge in [-0.05, 0) is 12.0 Å². The molecule has 1 N–H and O–H groups in total. The first-order chi connectivity index (χ1) is 7.52. The third-order valence-corrected chi connectivity index (χ3v) is 5.16. The Hall–Kier alpha value is -0.120. The molecule has 0 aliphatic rings. The molecule has 16 heavy (non-hydrogen) atoms. The van der Waals surface area contributed by atoms with Gasteiger partial charge in [0.2, 0.25) is 0 Å². The Morgan fingerprint density at radius 1 is 1.44 bits per heavy atom. The van der Waals surface area contributed by atoms with E-state index in [1.165, 1.54) is 0 Å². The maximum absolute atomic E-state index is 10.4. The molecule has 1 aromatic rings. The molecule has 0 bridgehead atoms. The second kappa shape index (κ2) is 5.99. The Kier molecular flexibility index (Phi) is 5.22. The van der Waals surface area contributed by atoms with Gasteiger partial charge in [0, 0.05) is 4.48 Å². The molecule has 0 saturated carbocycles. The van der Waals surface area contributed by atoms with Gasteiger partial charge >= 0.3 is 0 Å². The summed E-state index contributed by atoms with van der Waals surface area (Å²) < 4.78 is 0.279. The van der Waals surface area contributed by atoms with E-state index in [2.05, 4.69) is 45.4 Å². The van der Waals surface area contributed by atoms with Crippen molar-refractivity contribution in [2.75, 3.05) is 0 Å². The van der Waals surface area contributed by atoms with Gasteiger partial charge in [-0.25, -0.2) is 0 Å². The van der Waals surface area contributed by atoms with Crippen LogP contribution < -0.4 is 0 Å². The van der Waals surface area contributed by atoms with Crippen molar-refractivity contribution >= 4 is 31.9 Å². The largest absolute Gasteiger partial charge is 0.387 e. The summed E-state index contributed by atoms with van der Waals surface area (Å²) >= 11 is 7.01. The molecule has 0 fully saturated rings. The van der Waals surface area contributed by atoms with Crippen LogP contribution in [-0.2, 0) is 0 Å². The SMILES string of the molecule is C=C(Br)C(Br)(CCC)C(O)c1ccccc1. The predicted octanol–water partition coefficient (Wildman–Crippen LogP) is 4.56. The van der Waals surface area contributed by atoms with Crippen LogP contribution in [0.3, 0.4) is 0 Å². The molecular weight excluding hydrogens is 332 g/mol. The summed E-state index contributed by atoms with van der Waals surface area (Å²) in [6.07, 6.45) is 1.20. The highest BCUT2D eigenvalue weighted by atomic mass is 79.9. The number of hydrogen-bond acceptors (Lipinski definition) is 1. The molecule has 1 rings (SSSR count). The maximum atomic E-state index is 10.4. The lowest BCUT2D eigenvalue weighted by atomic mass is 9.91. The van der Waals surface area contributed by atoms with Gasteiger partial charge in [-0.2, -0.15) is 0 Å².